The zero-order valence-corrected chi connectivity index (χ0v) is 25.6. The van der Waals surface area contributed by atoms with E-state index >= 15 is 4.39 Å². The highest BCUT2D eigenvalue weighted by atomic mass is 32.7. The van der Waals surface area contributed by atoms with Crippen LogP contribution in [-0.4, -0.2) is 89.0 Å². The lowest BCUT2D eigenvalue weighted by molar-refractivity contribution is -0.0585. The highest BCUT2D eigenvalue weighted by Crippen LogP contribution is 2.58. The summed E-state index contributed by atoms with van der Waals surface area (Å²) in [4.78, 5) is 37.9. The quantitative estimate of drug-likeness (QED) is 0.148. The number of thiol groups is 1. The molecule has 5 N–H and O–H groups in total. The Hall–Kier alpha value is -2.32. The molecular formula is C22H24FN7O10P2S2. The molecule has 0 saturated carbocycles. The van der Waals surface area contributed by atoms with Crippen molar-refractivity contribution in [1.29, 1.82) is 0 Å². The van der Waals surface area contributed by atoms with Gasteiger partial charge in [0.15, 0.2) is 29.8 Å². The van der Waals surface area contributed by atoms with E-state index < -0.39 is 81.4 Å². The molecule has 0 radical (unpaired) electrons. The van der Waals surface area contributed by atoms with Crippen molar-refractivity contribution in [2.24, 2.45) is 0 Å². The van der Waals surface area contributed by atoms with Crippen molar-refractivity contribution in [1.82, 2.24) is 29.1 Å². The third-order valence-corrected chi connectivity index (χ3v) is 10.5. The van der Waals surface area contributed by atoms with Gasteiger partial charge in [0.05, 0.1) is 36.9 Å². The maximum absolute atomic E-state index is 16.0. The molecule has 236 valence electrons. The molecule has 0 aliphatic carbocycles. The third-order valence-electron chi connectivity index (χ3n) is 7.37. The van der Waals surface area contributed by atoms with Crippen LogP contribution in [0.4, 0.5) is 10.3 Å². The second-order valence-corrected chi connectivity index (χ2v) is 15.8. The van der Waals surface area contributed by atoms with Gasteiger partial charge in [0.2, 0.25) is 5.95 Å². The van der Waals surface area contributed by atoms with E-state index in [1.807, 2.05) is 0 Å². The Balaban J connectivity index is 1.20. The van der Waals surface area contributed by atoms with Gasteiger partial charge in [-0.1, -0.05) is 24.4 Å². The number of ether oxygens (including phenoxy) is 2. The first-order valence-electron chi connectivity index (χ1n) is 13.0. The number of nitrogen functional groups attached to an aromatic ring is 1. The van der Waals surface area contributed by atoms with E-state index in [-0.39, 0.29) is 17.1 Å². The molecule has 6 heterocycles. The fraction of sp³-hybridized carbons (Fsp3) is 0.455. The minimum atomic E-state index is -4.36. The van der Waals surface area contributed by atoms with Crippen molar-refractivity contribution in [3.63, 3.8) is 0 Å². The van der Waals surface area contributed by atoms with Crippen LogP contribution in [0, 0.1) is 0 Å². The molecular weight excluding hydrogens is 667 g/mol. The number of hydrogen-bond acceptors (Lipinski definition) is 14. The number of nitrogens with two attached hydrogens (primary N) is 1. The molecule has 0 spiro atoms. The summed E-state index contributed by atoms with van der Waals surface area (Å²) >= 11 is 9.26. The number of aromatic amines is 1. The summed E-state index contributed by atoms with van der Waals surface area (Å²) in [5.74, 6) is -0.243. The van der Waals surface area contributed by atoms with E-state index in [2.05, 4.69) is 32.2 Å². The van der Waals surface area contributed by atoms with E-state index in [1.165, 1.54) is 6.33 Å². The smallest absolute Gasteiger partial charge is 0.386 e. The van der Waals surface area contributed by atoms with Crippen molar-refractivity contribution in [3.8, 4) is 0 Å². The van der Waals surface area contributed by atoms with Crippen molar-refractivity contribution >= 4 is 65.7 Å². The van der Waals surface area contributed by atoms with Crippen molar-refractivity contribution in [2.75, 3.05) is 18.9 Å². The molecule has 3 aliphatic heterocycles. The number of halogens is 1. The lowest BCUT2D eigenvalue weighted by Gasteiger charge is -2.27. The second kappa shape index (κ2) is 11.2. The van der Waals surface area contributed by atoms with Crippen LogP contribution in [0.15, 0.2) is 41.7 Å². The number of rotatable bonds is 2. The van der Waals surface area contributed by atoms with Crippen molar-refractivity contribution < 1.29 is 46.5 Å². The highest BCUT2D eigenvalue weighted by Gasteiger charge is 2.53. The molecule has 2 bridgehead atoms. The first kappa shape index (κ1) is 30.3. The molecule has 3 aliphatic rings. The maximum Gasteiger partial charge on any atom is 0.386 e. The number of para-hydroxylation sites is 2. The van der Waals surface area contributed by atoms with Gasteiger partial charge in [0.25, 0.3) is 5.56 Å². The molecule has 3 saturated heterocycles. The number of benzene rings is 1. The average molecular weight is 692 g/mol. The average Bonchev–Trinajstić information content (AvgIpc) is 3.72. The van der Waals surface area contributed by atoms with Gasteiger partial charge in [0.1, 0.15) is 30.5 Å². The summed E-state index contributed by atoms with van der Waals surface area (Å²) < 4.78 is 66.2. The van der Waals surface area contributed by atoms with Gasteiger partial charge < -0.3 is 34.3 Å². The van der Waals surface area contributed by atoms with E-state index in [0.717, 1.165) is 10.9 Å². The fourth-order valence-corrected chi connectivity index (χ4v) is 8.28. The standard InChI is InChI=1S/C22H24FN7O10P2S2/c23-13-16-12(38-20(13)30-8-26-14-18(30)27-22(24)28-19(14)32)6-36-42(34,44)40-17-15(31)11(5-35-41(33,43)39-16)37-21(17)29-7-25-9-3-1-2-4-10(9)29/h1-4,7-8,11-13,15-17,20-21,31H,5-6H2,(H,33,43)(H,34,44)(H3,24,27,28,32). The number of nitrogens with zero attached hydrogens (tertiary/aromatic N) is 5. The Labute approximate surface area is 256 Å². The molecule has 44 heavy (non-hydrogen) atoms. The SMILES string of the molecule is Nc1nc2c(ncn2C2OC3COP(O)(=S)OC4C(O)C(COP(=O)(S)OC3C2F)OC4n2cnc3ccccc32)c(=O)[nH]1. The molecule has 22 heteroatoms. The maximum atomic E-state index is 16.0. The van der Waals surface area contributed by atoms with E-state index in [4.69, 9.17) is 45.1 Å². The van der Waals surface area contributed by atoms with Crippen LogP contribution in [-0.2, 0) is 43.9 Å². The highest BCUT2D eigenvalue weighted by molar-refractivity contribution is 8.44. The van der Waals surface area contributed by atoms with Gasteiger partial charge >= 0.3 is 13.5 Å². The van der Waals surface area contributed by atoms with Crippen LogP contribution in [0.25, 0.3) is 22.2 Å². The zero-order chi connectivity index (χ0) is 31.0. The lowest BCUT2D eigenvalue weighted by Crippen LogP contribution is -2.35. The zero-order valence-electron chi connectivity index (χ0n) is 22.1. The monoisotopic (exact) mass is 691 g/mol. The summed E-state index contributed by atoms with van der Waals surface area (Å²) in [7, 11) is 0. The second-order valence-electron chi connectivity index (χ2n) is 10.1. The summed E-state index contributed by atoms with van der Waals surface area (Å²) in [5, 5.41) is 11.1. The van der Waals surface area contributed by atoms with Gasteiger partial charge in [-0.3, -0.25) is 27.9 Å². The van der Waals surface area contributed by atoms with E-state index in [9.17, 15) is 19.4 Å². The van der Waals surface area contributed by atoms with E-state index in [0.29, 0.717) is 11.0 Å². The molecule has 10 atom stereocenters. The molecule has 7 rings (SSSR count). The predicted molar refractivity (Wildman–Crippen MR) is 156 cm³/mol. The number of aliphatic hydroxyl groups excluding tert-OH is 1. The number of alkyl halides is 1. The normalized spacial score (nSPS) is 38.3. The predicted octanol–water partition coefficient (Wildman–Crippen LogP) is 1.32. The van der Waals surface area contributed by atoms with Crippen LogP contribution in [0.3, 0.4) is 0 Å². The van der Waals surface area contributed by atoms with Gasteiger partial charge in [-0.25, -0.2) is 18.9 Å². The number of aromatic nitrogens is 6. The molecule has 1 aromatic carbocycles. The molecule has 3 aromatic heterocycles. The number of anilines is 1. The molecule has 17 nitrogen and oxygen atoms in total. The van der Waals surface area contributed by atoms with Crippen molar-refractivity contribution in [2.45, 2.75) is 49.1 Å². The summed E-state index contributed by atoms with van der Waals surface area (Å²) in [6.07, 6.45) is -9.03. The number of fused-ring (bicyclic) bond motifs is 5. The minimum absolute atomic E-state index is 0.0877. The summed E-state index contributed by atoms with van der Waals surface area (Å²) in [6, 6.07) is 7.11. The largest absolute Gasteiger partial charge is 0.387 e. The Morgan fingerprint density at radius 2 is 1.80 bits per heavy atom. The van der Waals surface area contributed by atoms with Crippen molar-refractivity contribution in [3.05, 3.63) is 47.3 Å². The lowest BCUT2D eigenvalue weighted by atomic mass is 10.1. The molecule has 3 fully saturated rings. The first-order chi connectivity index (χ1) is 20.9. The Morgan fingerprint density at radius 3 is 2.61 bits per heavy atom. The Bertz CT molecular complexity index is 1890. The van der Waals surface area contributed by atoms with Crippen LogP contribution in [0.5, 0.6) is 0 Å². The Morgan fingerprint density at radius 1 is 1.07 bits per heavy atom. The number of aliphatic hydroxyl groups is 1. The first-order valence-corrected chi connectivity index (χ1v) is 18.3. The van der Waals surface area contributed by atoms with Crippen LogP contribution >= 0.6 is 25.8 Å². The van der Waals surface area contributed by atoms with Gasteiger partial charge in [-0.2, -0.15) is 4.98 Å². The Kier molecular flexibility index (Phi) is 7.71. The van der Waals surface area contributed by atoms with Gasteiger partial charge in [0, 0.05) is 0 Å². The summed E-state index contributed by atoms with van der Waals surface area (Å²) in [5.41, 5.74) is 6.03. The number of nitrogens with one attached hydrogen (secondary N) is 1. The van der Waals surface area contributed by atoms with E-state index in [1.54, 1.807) is 28.8 Å². The van der Waals surface area contributed by atoms with Gasteiger partial charge in [-0.15, -0.1) is 0 Å². The van der Waals surface area contributed by atoms with Crippen LogP contribution in [0.1, 0.15) is 12.5 Å². The third kappa shape index (κ3) is 5.42. The van der Waals surface area contributed by atoms with Crippen LogP contribution in [0.2, 0.25) is 0 Å². The summed E-state index contributed by atoms with van der Waals surface area (Å²) in [6.45, 7) is -9.70. The number of imidazole rings is 2. The topological polar surface area (TPSA) is 220 Å². The number of hydrogen-bond donors (Lipinski definition) is 5. The number of H-pyrrole nitrogens is 1. The molecule has 10 unspecified atom stereocenters. The minimum Gasteiger partial charge on any atom is -0.387 e. The van der Waals surface area contributed by atoms with Gasteiger partial charge in [-0.05, 0) is 23.9 Å². The van der Waals surface area contributed by atoms with Crippen LogP contribution < -0.4 is 11.3 Å². The molecule has 4 aromatic rings. The fourth-order valence-electron chi connectivity index (χ4n) is 5.39. The molecule has 0 amide bonds.